The molecule has 0 saturated carbocycles. The average Bonchev–Trinajstić information content (AvgIpc) is 2.35. The predicted octanol–water partition coefficient (Wildman–Crippen LogP) is 0.237. The second-order valence-electron chi connectivity index (χ2n) is 2.59. The van der Waals surface area contributed by atoms with E-state index in [1.807, 2.05) is 0 Å². The molecule has 1 rings (SSSR count). The first-order chi connectivity index (χ1) is 4.71. The summed E-state index contributed by atoms with van der Waals surface area (Å²) in [7, 11) is 0. The number of carbonyl (C=O) groups is 1. The molecule has 0 radical (unpaired) electrons. The van der Waals surface area contributed by atoms with E-state index in [0.29, 0.717) is 13.0 Å². The molecule has 3 nitrogen and oxygen atoms in total. The Bertz CT molecular complexity index is 159. The molecule has 56 valence electrons. The summed E-state index contributed by atoms with van der Waals surface area (Å²) in [5.74, 6) is -0.771. The minimum atomic E-state index is -0.771. The maximum absolute atomic E-state index is 10.6. The molecule has 10 heavy (non-hydrogen) atoms. The Hall–Kier alpha value is -0.830. The maximum atomic E-state index is 10.6. The lowest BCUT2D eigenvalue weighted by Crippen LogP contribution is -2.30. The summed E-state index contributed by atoms with van der Waals surface area (Å²) >= 11 is 0. The van der Waals surface area contributed by atoms with Gasteiger partial charge in [-0.25, -0.2) is 0 Å². The van der Waals surface area contributed by atoms with Gasteiger partial charge in [-0.2, -0.15) is 0 Å². The van der Waals surface area contributed by atoms with E-state index in [1.165, 1.54) is 6.08 Å². The van der Waals surface area contributed by atoms with Crippen LogP contribution in [0.1, 0.15) is 6.42 Å². The quantitative estimate of drug-likeness (QED) is 0.541. The first-order valence-corrected chi connectivity index (χ1v) is 3.29. The van der Waals surface area contributed by atoms with Crippen LogP contribution < -0.4 is 5.32 Å². The van der Waals surface area contributed by atoms with Gasteiger partial charge in [0.15, 0.2) is 0 Å². The number of aliphatic carboxylic acids is 1. The maximum Gasteiger partial charge on any atom is 0.314 e. The zero-order chi connectivity index (χ0) is 7.61. The van der Waals surface area contributed by atoms with E-state index >= 15 is 0 Å². The minimum absolute atomic E-state index is 0.520. The number of hydrogen-bond acceptors (Lipinski definition) is 2. The second kappa shape index (κ2) is 2.42. The van der Waals surface area contributed by atoms with Crippen LogP contribution in [-0.4, -0.2) is 24.2 Å². The van der Waals surface area contributed by atoms with Gasteiger partial charge in [0.25, 0.3) is 0 Å². The molecule has 1 saturated heterocycles. The lowest BCUT2D eigenvalue weighted by atomic mass is 9.88. The Morgan fingerprint density at radius 1 is 1.80 bits per heavy atom. The number of hydrogen-bond donors (Lipinski definition) is 2. The van der Waals surface area contributed by atoms with Crippen molar-refractivity contribution < 1.29 is 9.90 Å². The summed E-state index contributed by atoms with van der Waals surface area (Å²) in [4.78, 5) is 10.6. The molecule has 1 fully saturated rings. The fourth-order valence-electron chi connectivity index (χ4n) is 1.16. The van der Waals surface area contributed by atoms with Crippen molar-refractivity contribution in [3.63, 3.8) is 0 Å². The molecule has 0 aromatic carbocycles. The third-order valence-electron chi connectivity index (χ3n) is 2.01. The van der Waals surface area contributed by atoms with Crippen LogP contribution in [-0.2, 0) is 4.79 Å². The van der Waals surface area contributed by atoms with E-state index < -0.39 is 11.4 Å². The van der Waals surface area contributed by atoms with Crippen molar-refractivity contribution in [3.05, 3.63) is 12.7 Å². The number of nitrogens with one attached hydrogen (secondary N) is 1. The van der Waals surface area contributed by atoms with E-state index in [4.69, 9.17) is 5.11 Å². The highest BCUT2D eigenvalue weighted by Gasteiger charge is 2.37. The predicted molar refractivity (Wildman–Crippen MR) is 37.8 cm³/mol. The van der Waals surface area contributed by atoms with Gasteiger partial charge in [0.05, 0.1) is 5.41 Å². The molecule has 0 aromatic heterocycles. The highest BCUT2D eigenvalue weighted by molar-refractivity contribution is 5.77. The molecule has 0 amide bonds. The first-order valence-electron chi connectivity index (χ1n) is 3.29. The number of carboxylic acid groups (broad SMARTS) is 1. The van der Waals surface area contributed by atoms with Gasteiger partial charge in [0.2, 0.25) is 0 Å². The molecule has 1 heterocycles. The number of carboxylic acids is 1. The topological polar surface area (TPSA) is 49.3 Å². The Kier molecular flexibility index (Phi) is 1.76. The molecular formula is C7H11NO2. The Morgan fingerprint density at radius 3 is 2.70 bits per heavy atom. The second-order valence-corrected chi connectivity index (χ2v) is 2.59. The standard InChI is InChI=1S/C7H11NO2/c1-2-7(6(9)10)3-4-8-5-7/h2,8H,1,3-5H2,(H,9,10). The van der Waals surface area contributed by atoms with Crippen LogP contribution in [0.5, 0.6) is 0 Å². The van der Waals surface area contributed by atoms with Crippen LogP contribution >= 0.6 is 0 Å². The summed E-state index contributed by atoms with van der Waals surface area (Å²) in [6.45, 7) is 4.81. The van der Waals surface area contributed by atoms with Crippen molar-refractivity contribution in [2.45, 2.75) is 6.42 Å². The van der Waals surface area contributed by atoms with Gasteiger partial charge in [-0.05, 0) is 13.0 Å². The SMILES string of the molecule is C=CC1(C(=O)O)CCNC1. The van der Waals surface area contributed by atoms with Gasteiger partial charge in [-0.1, -0.05) is 6.08 Å². The normalized spacial score (nSPS) is 32.0. The highest BCUT2D eigenvalue weighted by atomic mass is 16.4. The zero-order valence-corrected chi connectivity index (χ0v) is 5.76. The third kappa shape index (κ3) is 0.926. The molecule has 1 aliphatic rings. The summed E-state index contributed by atoms with van der Waals surface area (Å²) in [5, 5.41) is 11.7. The lowest BCUT2D eigenvalue weighted by molar-refractivity contribution is -0.144. The molecule has 1 unspecified atom stereocenters. The summed E-state index contributed by atoms with van der Waals surface area (Å²) in [5.41, 5.74) is -0.694. The first kappa shape index (κ1) is 7.28. The molecular weight excluding hydrogens is 130 g/mol. The van der Waals surface area contributed by atoms with Gasteiger partial charge in [-0.15, -0.1) is 6.58 Å². The van der Waals surface area contributed by atoms with Gasteiger partial charge >= 0.3 is 5.97 Å². The molecule has 0 spiro atoms. The van der Waals surface area contributed by atoms with Gasteiger partial charge < -0.3 is 10.4 Å². The van der Waals surface area contributed by atoms with Crippen LogP contribution in [0.25, 0.3) is 0 Å². The monoisotopic (exact) mass is 141 g/mol. The molecule has 0 aliphatic carbocycles. The summed E-state index contributed by atoms with van der Waals surface area (Å²) < 4.78 is 0. The zero-order valence-electron chi connectivity index (χ0n) is 5.76. The van der Waals surface area contributed by atoms with Gasteiger partial charge in [0, 0.05) is 6.54 Å². The van der Waals surface area contributed by atoms with Gasteiger partial charge in [-0.3, -0.25) is 4.79 Å². The molecule has 2 N–H and O–H groups in total. The molecule has 0 bridgehead atoms. The van der Waals surface area contributed by atoms with E-state index in [-0.39, 0.29) is 0 Å². The van der Waals surface area contributed by atoms with Crippen LogP contribution in [0.2, 0.25) is 0 Å². The third-order valence-corrected chi connectivity index (χ3v) is 2.01. The van der Waals surface area contributed by atoms with Crippen molar-refractivity contribution in [1.29, 1.82) is 0 Å². The van der Waals surface area contributed by atoms with Crippen LogP contribution in [0.4, 0.5) is 0 Å². The van der Waals surface area contributed by atoms with E-state index in [1.54, 1.807) is 0 Å². The highest BCUT2D eigenvalue weighted by Crippen LogP contribution is 2.26. The largest absolute Gasteiger partial charge is 0.481 e. The van der Waals surface area contributed by atoms with Crippen molar-refractivity contribution in [1.82, 2.24) is 5.32 Å². The fourth-order valence-corrected chi connectivity index (χ4v) is 1.16. The van der Waals surface area contributed by atoms with Crippen molar-refractivity contribution in [2.24, 2.45) is 5.41 Å². The van der Waals surface area contributed by atoms with Crippen molar-refractivity contribution >= 4 is 5.97 Å². The molecule has 0 aromatic rings. The fraction of sp³-hybridized carbons (Fsp3) is 0.571. The summed E-state index contributed by atoms with van der Waals surface area (Å²) in [6.07, 6.45) is 2.18. The average molecular weight is 141 g/mol. The van der Waals surface area contributed by atoms with Crippen LogP contribution in [0, 0.1) is 5.41 Å². The van der Waals surface area contributed by atoms with E-state index in [9.17, 15) is 4.79 Å². The van der Waals surface area contributed by atoms with Crippen LogP contribution in [0.15, 0.2) is 12.7 Å². The molecule has 1 aliphatic heterocycles. The Morgan fingerprint density at radius 2 is 2.50 bits per heavy atom. The molecule has 1 atom stereocenters. The van der Waals surface area contributed by atoms with Crippen molar-refractivity contribution in [3.8, 4) is 0 Å². The smallest absolute Gasteiger partial charge is 0.314 e. The van der Waals surface area contributed by atoms with E-state index in [2.05, 4.69) is 11.9 Å². The number of rotatable bonds is 2. The lowest BCUT2D eigenvalue weighted by Gasteiger charge is -2.16. The van der Waals surface area contributed by atoms with Crippen LogP contribution in [0.3, 0.4) is 0 Å². The van der Waals surface area contributed by atoms with Crippen molar-refractivity contribution in [2.75, 3.05) is 13.1 Å². The Labute approximate surface area is 59.7 Å². The van der Waals surface area contributed by atoms with E-state index in [0.717, 1.165) is 6.54 Å². The Balaban J connectivity index is 2.76. The van der Waals surface area contributed by atoms with Gasteiger partial charge in [0.1, 0.15) is 0 Å². The molecule has 3 heteroatoms. The summed E-state index contributed by atoms with van der Waals surface area (Å²) in [6, 6.07) is 0. The minimum Gasteiger partial charge on any atom is -0.481 e.